The largest absolute Gasteiger partial charge is 0.444 e. The van der Waals surface area contributed by atoms with E-state index >= 15 is 0 Å². The summed E-state index contributed by atoms with van der Waals surface area (Å²) in [7, 11) is 1.69. The van der Waals surface area contributed by atoms with E-state index in [4.69, 9.17) is 9.15 Å². The van der Waals surface area contributed by atoms with Crippen LogP contribution in [0.2, 0.25) is 0 Å². The number of thiophene rings is 1. The van der Waals surface area contributed by atoms with Gasteiger partial charge in [-0.2, -0.15) is 0 Å². The number of methoxy groups -OCH3 is 1. The van der Waals surface area contributed by atoms with Crippen LogP contribution in [-0.4, -0.2) is 25.2 Å². The number of oxazole rings is 1. The molecular weight excluding hydrogens is 248 g/mol. The van der Waals surface area contributed by atoms with E-state index in [1.54, 1.807) is 24.7 Å². The Balaban J connectivity index is 1.97. The summed E-state index contributed by atoms with van der Waals surface area (Å²) in [4.78, 5) is 6.87. The standard InChI is InChI=1S/C13H18N2O2S/c1-9-6-12(18-10(9)2)13-15-11(8-17-13)7-14-4-5-16-3/h6,8,14H,4-5,7H2,1-3H3. The number of aromatic nitrogens is 1. The maximum Gasteiger partial charge on any atom is 0.236 e. The summed E-state index contributed by atoms with van der Waals surface area (Å²) in [5.74, 6) is 0.708. The summed E-state index contributed by atoms with van der Waals surface area (Å²) < 4.78 is 10.5. The molecule has 0 radical (unpaired) electrons. The Kier molecular flexibility index (Phi) is 4.52. The average molecular weight is 266 g/mol. The number of hydrogen-bond acceptors (Lipinski definition) is 5. The second-order valence-corrected chi connectivity index (χ2v) is 5.42. The van der Waals surface area contributed by atoms with Crippen LogP contribution in [0.1, 0.15) is 16.1 Å². The molecule has 2 rings (SSSR count). The molecule has 2 aromatic rings. The summed E-state index contributed by atoms with van der Waals surface area (Å²) >= 11 is 1.72. The van der Waals surface area contributed by atoms with Gasteiger partial charge < -0.3 is 14.5 Å². The molecule has 0 atom stereocenters. The maximum absolute atomic E-state index is 5.50. The molecule has 2 aromatic heterocycles. The molecular formula is C13H18N2O2S. The molecule has 0 aliphatic carbocycles. The molecule has 0 aliphatic heterocycles. The van der Waals surface area contributed by atoms with Crippen molar-refractivity contribution in [3.63, 3.8) is 0 Å². The van der Waals surface area contributed by atoms with Gasteiger partial charge in [0.15, 0.2) is 0 Å². The second kappa shape index (κ2) is 6.13. The Hall–Kier alpha value is -1.17. The first-order valence-electron chi connectivity index (χ1n) is 5.92. The zero-order valence-electron chi connectivity index (χ0n) is 10.9. The second-order valence-electron chi connectivity index (χ2n) is 4.16. The molecule has 0 saturated carbocycles. The van der Waals surface area contributed by atoms with Crippen LogP contribution in [-0.2, 0) is 11.3 Å². The van der Waals surface area contributed by atoms with Gasteiger partial charge in [0, 0.05) is 25.1 Å². The van der Waals surface area contributed by atoms with Gasteiger partial charge in [0.1, 0.15) is 6.26 Å². The molecule has 0 spiro atoms. The number of ether oxygens (including phenoxy) is 1. The van der Waals surface area contributed by atoms with Crippen LogP contribution in [0.15, 0.2) is 16.7 Å². The first-order valence-corrected chi connectivity index (χ1v) is 6.74. The minimum absolute atomic E-state index is 0.702. The third-order valence-corrected chi connectivity index (χ3v) is 3.86. The van der Waals surface area contributed by atoms with Crippen molar-refractivity contribution in [2.45, 2.75) is 20.4 Å². The lowest BCUT2D eigenvalue weighted by Gasteiger charge is -1.99. The number of aryl methyl sites for hydroxylation is 2. The van der Waals surface area contributed by atoms with Crippen LogP contribution >= 0.6 is 11.3 Å². The normalized spacial score (nSPS) is 11.1. The fraction of sp³-hybridized carbons (Fsp3) is 0.462. The summed E-state index contributed by atoms with van der Waals surface area (Å²) in [5.41, 5.74) is 2.21. The molecule has 2 heterocycles. The van der Waals surface area contributed by atoms with Gasteiger partial charge in [0.25, 0.3) is 0 Å². The Morgan fingerprint density at radius 2 is 2.28 bits per heavy atom. The topological polar surface area (TPSA) is 47.3 Å². The van der Waals surface area contributed by atoms with Crippen molar-refractivity contribution in [3.05, 3.63) is 28.5 Å². The van der Waals surface area contributed by atoms with Gasteiger partial charge in [0.2, 0.25) is 5.89 Å². The molecule has 1 N–H and O–H groups in total. The van der Waals surface area contributed by atoms with Crippen LogP contribution in [0.25, 0.3) is 10.8 Å². The van der Waals surface area contributed by atoms with E-state index in [1.165, 1.54) is 10.4 Å². The predicted molar refractivity (Wildman–Crippen MR) is 72.9 cm³/mol. The zero-order valence-corrected chi connectivity index (χ0v) is 11.8. The van der Waals surface area contributed by atoms with E-state index in [9.17, 15) is 0 Å². The Labute approximate surface area is 111 Å². The van der Waals surface area contributed by atoms with Gasteiger partial charge in [-0.05, 0) is 25.5 Å². The van der Waals surface area contributed by atoms with Crippen LogP contribution in [0.3, 0.4) is 0 Å². The Morgan fingerprint density at radius 3 is 2.94 bits per heavy atom. The van der Waals surface area contributed by atoms with Gasteiger partial charge in [0.05, 0.1) is 17.2 Å². The molecule has 0 fully saturated rings. The molecule has 0 bridgehead atoms. The molecule has 0 aliphatic rings. The first-order chi connectivity index (χ1) is 8.70. The third kappa shape index (κ3) is 3.19. The van der Waals surface area contributed by atoms with Crippen LogP contribution < -0.4 is 5.32 Å². The third-order valence-electron chi connectivity index (χ3n) is 2.72. The quantitative estimate of drug-likeness (QED) is 0.817. The maximum atomic E-state index is 5.50. The van der Waals surface area contributed by atoms with Crippen molar-refractivity contribution in [1.29, 1.82) is 0 Å². The highest BCUT2D eigenvalue weighted by molar-refractivity contribution is 7.15. The first kappa shape index (κ1) is 13.3. The fourth-order valence-electron chi connectivity index (χ4n) is 1.57. The van der Waals surface area contributed by atoms with Gasteiger partial charge in [-0.15, -0.1) is 11.3 Å². The van der Waals surface area contributed by atoms with Gasteiger partial charge in [-0.25, -0.2) is 4.98 Å². The summed E-state index contributed by atoms with van der Waals surface area (Å²) in [5, 5.41) is 3.24. The van der Waals surface area contributed by atoms with Crippen LogP contribution in [0.4, 0.5) is 0 Å². The van der Waals surface area contributed by atoms with E-state index in [-0.39, 0.29) is 0 Å². The number of rotatable bonds is 6. The molecule has 18 heavy (non-hydrogen) atoms. The van der Waals surface area contributed by atoms with Crippen molar-refractivity contribution in [3.8, 4) is 10.8 Å². The predicted octanol–water partition coefficient (Wildman–Crippen LogP) is 2.76. The molecule has 0 aromatic carbocycles. The highest BCUT2D eigenvalue weighted by atomic mass is 32.1. The highest BCUT2D eigenvalue weighted by Gasteiger charge is 2.10. The van der Waals surface area contributed by atoms with Crippen LogP contribution in [0.5, 0.6) is 0 Å². The lowest BCUT2D eigenvalue weighted by Crippen LogP contribution is -2.18. The van der Waals surface area contributed by atoms with Gasteiger partial charge in [-0.3, -0.25) is 0 Å². The molecule has 0 saturated heterocycles. The zero-order chi connectivity index (χ0) is 13.0. The van der Waals surface area contributed by atoms with E-state index in [0.717, 1.165) is 17.1 Å². The van der Waals surface area contributed by atoms with Gasteiger partial charge >= 0.3 is 0 Å². The van der Waals surface area contributed by atoms with Crippen molar-refractivity contribution < 1.29 is 9.15 Å². The van der Waals surface area contributed by atoms with E-state index in [2.05, 4.69) is 30.2 Å². The molecule has 5 heteroatoms. The van der Waals surface area contributed by atoms with Crippen LogP contribution in [0, 0.1) is 13.8 Å². The molecule has 4 nitrogen and oxygen atoms in total. The number of hydrogen-bond donors (Lipinski definition) is 1. The van der Waals surface area contributed by atoms with Crippen molar-refractivity contribution in [1.82, 2.24) is 10.3 Å². The monoisotopic (exact) mass is 266 g/mol. The molecule has 0 unspecified atom stereocenters. The fourth-order valence-corrected chi connectivity index (χ4v) is 2.54. The van der Waals surface area contributed by atoms with Gasteiger partial charge in [-0.1, -0.05) is 0 Å². The summed E-state index contributed by atoms with van der Waals surface area (Å²) in [6.45, 7) is 6.44. The summed E-state index contributed by atoms with van der Waals surface area (Å²) in [6, 6.07) is 2.12. The lowest BCUT2D eigenvalue weighted by atomic mass is 10.3. The lowest BCUT2D eigenvalue weighted by molar-refractivity contribution is 0.199. The molecule has 98 valence electrons. The minimum Gasteiger partial charge on any atom is -0.444 e. The van der Waals surface area contributed by atoms with Crippen molar-refractivity contribution >= 4 is 11.3 Å². The SMILES string of the molecule is COCCNCc1coc(-c2cc(C)c(C)s2)n1. The molecule has 0 amide bonds. The number of nitrogens with one attached hydrogen (secondary N) is 1. The van der Waals surface area contributed by atoms with Crippen molar-refractivity contribution in [2.75, 3.05) is 20.3 Å². The number of nitrogens with zero attached hydrogens (tertiary/aromatic N) is 1. The minimum atomic E-state index is 0.702. The van der Waals surface area contributed by atoms with E-state index < -0.39 is 0 Å². The Morgan fingerprint density at radius 1 is 1.44 bits per heavy atom. The highest BCUT2D eigenvalue weighted by Crippen LogP contribution is 2.29. The Bertz CT molecular complexity index is 485. The summed E-state index contributed by atoms with van der Waals surface area (Å²) in [6.07, 6.45) is 1.71. The average Bonchev–Trinajstić information content (AvgIpc) is 2.93. The van der Waals surface area contributed by atoms with E-state index in [0.29, 0.717) is 19.0 Å². The smallest absolute Gasteiger partial charge is 0.236 e. The van der Waals surface area contributed by atoms with E-state index in [1.807, 2.05) is 0 Å². The van der Waals surface area contributed by atoms with Crippen molar-refractivity contribution in [2.24, 2.45) is 0 Å².